The standard InChI is InChI=1S/C21H25N3O3S2/c25-20(15-6-3-7-15)23-21-22-18-10-11-24(13-19(18)28-21)29(26,27)17-9-8-14-4-1-2-5-16(14)12-17/h8-9,12,15H,1-7,10-11,13H2,(H,22,23,25). The Morgan fingerprint density at radius 1 is 1.10 bits per heavy atom. The summed E-state index contributed by atoms with van der Waals surface area (Å²) in [7, 11) is -3.54. The second-order valence-corrected chi connectivity index (χ2v) is 11.3. The van der Waals surface area contributed by atoms with Gasteiger partial charge in [-0.2, -0.15) is 4.31 Å². The van der Waals surface area contributed by atoms with Crippen LogP contribution >= 0.6 is 11.3 Å². The summed E-state index contributed by atoms with van der Waals surface area (Å²) in [5, 5.41) is 3.52. The Labute approximate surface area is 175 Å². The molecule has 29 heavy (non-hydrogen) atoms. The Kier molecular flexibility index (Phi) is 4.96. The van der Waals surface area contributed by atoms with Gasteiger partial charge in [-0.15, -0.1) is 11.3 Å². The molecular formula is C21H25N3O3S2. The molecule has 0 atom stereocenters. The summed E-state index contributed by atoms with van der Waals surface area (Å²) in [4.78, 5) is 18.1. The van der Waals surface area contributed by atoms with E-state index in [1.54, 1.807) is 10.4 Å². The second-order valence-electron chi connectivity index (χ2n) is 8.23. The Morgan fingerprint density at radius 3 is 2.66 bits per heavy atom. The number of amides is 1. The van der Waals surface area contributed by atoms with Crippen LogP contribution in [-0.2, 0) is 40.6 Å². The lowest BCUT2D eigenvalue weighted by atomic mass is 9.85. The largest absolute Gasteiger partial charge is 0.302 e. The summed E-state index contributed by atoms with van der Waals surface area (Å²) < 4.78 is 28.0. The van der Waals surface area contributed by atoms with Crippen molar-refractivity contribution in [1.82, 2.24) is 9.29 Å². The van der Waals surface area contributed by atoms with E-state index in [9.17, 15) is 13.2 Å². The molecule has 2 heterocycles. The van der Waals surface area contributed by atoms with E-state index in [1.165, 1.54) is 28.9 Å². The molecule has 6 nitrogen and oxygen atoms in total. The lowest BCUT2D eigenvalue weighted by Gasteiger charge is -2.26. The Balaban J connectivity index is 1.34. The molecule has 1 aromatic heterocycles. The van der Waals surface area contributed by atoms with Crippen molar-refractivity contribution in [3.8, 4) is 0 Å². The molecule has 0 unspecified atom stereocenters. The van der Waals surface area contributed by atoms with E-state index in [4.69, 9.17) is 0 Å². The molecule has 8 heteroatoms. The minimum atomic E-state index is -3.54. The summed E-state index contributed by atoms with van der Waals surface area (Å²) in [6, 6.07) is 5.61. The first kappa shape index (κ1) is 19.2. The number of hydrogen-bond donors (Lipinski definition) is 1. The van der Waals surface area contributed by atoms with Crippen LogP contribution in [0, 0.1) is 5.92 Å². The Morgan fingerprint density at radius 2 is 1.90 bits per heavy atom. The molecule has 5 rings (SSSR count). The van der Waals surface area contributed by atoms with Crippen molar-refractivity contribution in [2.24, 2.45) is 5.92 Å². The number of fused-ring (bicyclic) bond motifs is 2. The zero-order chi connectivity index (χ0) is 20.0. The maximum atomic E-state index is 13.2. The van der Waals surface area contributed by atoms with Crippen LogP contribution in [0.15, 0.2) is 23.1 Å². The van der Waals surface area contributed by atoms with Gasteiger partial charge in [0.25, 0.3) is 0 Å². The Bertz CT molecular complexity index is 1060. The van der Waals surface area contributed by atoms with E-state index in [0.717, 1.165) is 49.1 Å². The van der Waals surface area contributed by atoms with Crippen molar-refractivity contribution in [3.63, 3.8) is 0 Å². The monoisotopic (exact) mass is 431 g/mol. The molecule has 0 radical (unpaired) electrons. The zero-order valence-electron chi connectivity index (χ0n) is 16.3. The third-order valence-electron chi connectivity index (χ3n) is 6.36. The van der Waals surface area contributed by atoms with Crippen LogP contribution in [0.25, 0.3) is 0 Å². The highest BCUT2D eigenvalue weighted by atomic mass is 32.2. The summed E-state index contributed by atoms with van der Waals surface area (Å²) >= 11 is 1.40. The number of benzene rings is 1. The van der Waals surface area contributed by atoms with Crippen molar-refractivity contribution in [3.05, 3.63) is 39.9 Å². The van der Waals surface area contributed by atoms with Crippen LogP contribution in [0.2, 0.25) is 0 Å². The third-order valence-corrected chi connectivity index (χ3v) is 9.20. The van der Waals surface area contributed by atoms with Gasteiger partial charge in [0.1, 0.15) is 0 Å². The fourth-order valence-electron chi connectivity index (χ4n) is 4.33. The molecule has 1 fully saturated rings. The van der Waals surface area contributed by atoms with Gasteiger partial charge in [0.2, 0.25) is 15.9 Å². The van der Waals surface area contributed by atoms with E-state index in [2.05, 4.69) is 10.3 Å². The smallest absolute Gasteiger partial charge is 0.243 e. The molecule has 1 amide bonds. The topological polar surface area (TPSA) is 79.4 Å². The maximum Gasteiger partial charge on any atom is 0.243 e. The van der Waals surface area contributed by atoms with Gasteiger partial charge in [0, 0.05) is 23.8 Å². The maximum absolute atomic E-state index is 13.2. The van der Waals surface area contributed by atoms with Crippen molar-refractivity contribution in [1.29, 1.82) is 0 Å². The molecule has 0 spiro atoms. The van der Waals surface area contributed by atoms with Crippen molar-refractivity contribution >= 4 is 32.4 Å². The highest BCUT2D eigenvalue weighted by Gasteiger charge is 2.32. The molecule has 2 aliphatic carbocycles. The molecule has 1 aliphatic heterocycles. The highest BCUT2D eigenvalue weighted by molar-refractivity contribution is 7.89. The molecule has 3 aliphatic rings. The van der Waals surface area contributed by atoms with Gasteiger partial charge in [-0.25, -0.2) is 13.4 Å². The van der Waals surface area contributed by atoms with Gasteiger partial charge in [-0.3, -0.25) is 4.79 Å². The molecule has 0 saturated heterocycles. The number of hydrogen-bond acceptors (Lipinski definition) is 5. The van der Waals surface area contributed by atoms with Crippen molar-refractivity contribution < 1.29 is 13.2 Å². The van der Waals surface area contributed by atoms with E-state index in [-0.39, 0.29) is 11.8 Å². The second kappa shape index (κ2) is 7.49. The summed E-state index contributed by atoms with van der Waals surface area (Å²) in [6.07, 6.45) is 7.89. The van der Waals surface area contributed by atoms with Crippen LogP contribution in [0.4, 0.5) is 5.13 Å². The minimum Gasteiger partial charge on any atom is -0.302 e. The summed E-state index contributed by atoms with van der Waals surface area (Å²) in [5.41, 5.74) is 3.37. The van der Waals surface area contributed by atoms with E-state index in [1.807, 2.05) is 12.1 Å². The number of nitrogens with zero attached hydrogens (tertiary/aromatic N) is 2. The number of thiazole rings is 1. The number of carbonyl (C=O) groups excluding carboxylic acids is 1. The number of carbonyl (C=O) groups is 1. The van der Waals surface area contributed by atoms with E-state index < -0.39 is 10.0 Å². The molecule has 0 bridgehead atoms. The van der Waals surface area contributed by atoms with Gasteiger partial charge in [0.15, 0.2) is 5.13 Å². The van der Waals surface area contributed by atoms with Crippen molar-refractivity contribution in [2.45, 2.75) is 62.8 Å². The van der Waals surface area contributed by atoms with Gasteiger partial charge >= 0.3 is 0 Å². The van der Waals surface area contributed by atoms with Crippen LogP contribution < -0.4 is 5.32 Å². The number of sulfonamides is 1. The molecule has 1 aromatic carbocycles. The first-order valence-corrected chi connectivity index (χ1v) is 12.7. The van der Waals surface area contributed by atoms with Crippen LogP contribution in [0.5, 0.6) is 0 Å². The van der Waals surface area contributed by atoms with Crippen LogP contribution in [0.3, 0.4) is 0 Å². The number of aryl methyl sites for hydroxylation is 2. The van der Waals surface area contributed by atoms with Crippen LogP contribution in [0.1, 0.15) is 53.8 Å². The summed E-state index contributed by atoms with van der Waals surface area (Å²) in [6.45, 7) is 0.748. The lowest BCUT2D eigenvalue weighted by Crippen LogP contribution is -2.35. The molecule has 1 saturated carbocycles. The normalized spacial score (nSPS) is 19.9. The quantitative estimate of drug-likeness (QED) is 0.803. The SMILES string of the molecule is O=C(Nc1nc2c(s1)CN(S(=O)(=O)c1ccc3c(c1)CCCC3)CC2)C1CCC1. The molecule has 154 valence electrons. The number of nitrogens with one attached hydrogen (secondary N) is 1. The van der Waals surface area contributed by atoms with E-state index in [0.29, 0.717) is 29.5 Å². The zero-order valence-corrected chi connectivity index (χ0v) is 17.9. The first-order valence-electron chi connectivity index (χ1n) is 10.4. The number of aromatic nitrogens is 1. The highest BCUT2D eigenvalue weighted by Crippen LogP contribution is 2.33. The fourth-order valence-corrected chi connectivity index (χ4v) is 6.90. The summed E-state index contributed by atoms with van der Waals surface area (Å²) in [5.74, 6) is 0.151. The number of anilines is 1. The lowest BCUT2D eigenvalue weighted by molar-refractivity contribution is -0.122. The average molecular weight is 432 g/mol. The first-order chi connectivity index (χ1) is 14.0. The predicted molar refractivity (Wildman–Crippen MR) is 112 cm³/mol. The van der Waals surface area contributed by atoms with Gasteiger partial charge in [-0.05, 0) is 61.8 Å². The van der Waals surface area contributed by atoms with Gasteiger partial charge in [0.05, 0.1) is 17.1 Å². The number of rotatable bonds is 4. The molecular weight excluding hydrogens is 406 g/mol. The van der Waals surface area contributed by atoms with Gasteiger partial charge in [-0.1, -0.05) is 12.5 Å². The third kappa shape index (κ3) is 3.62. The molecule has 2 aromatic rings. The van der Waals surface area contributed by atoms with E-state index >= 15 is 0 Å². The predicted octanol–water partition coefficient (Wildman–Crippen LogP) is 3.51. The fraction of sp³-hybridized carbons (Fsp3) is 0.524. The van der Waals surface area contributed by atoms with Crippen LogP contribution in [-0.4, -0.2) is 30.2 Å². The van der Waals surface area contributed by atoms with Crippen molar-refractivity contribution in [2.75, 3.05) is 11.9 Å². The van der Waals surface area contributed by atoms with Gasteiger partial charge < -0.3 is 5.32 Å². The minimum absolute atomic E-state index is 0.0425. The molecule has 1 N–H and O–H groups in total. The average Bonchev–Trinajstić information content (AvgIpc) is 3.07. The Hall–Kier alpha value is -1.77.